The second-order valence-corrected chi connectivity index (χ2v) is 5.51. The Labute approximate surface area is 94.5 Å². The van der Waals surface area contributed by atoms with Crippen molar-refractivity contribution in [1.82, 2.24) is 5.32 Å². The van der Waals surface area contributed by atoms with E-state index in [2.05, 4.69) is 22.8 Å². The van der Waals surface area contributed by atoms with Crippen molar-refractivity contribution in [3.63, 3.8) is 0 Å². The van der Waals surface area contributed by atoms with Crippen molar-refractivity contribution in [3.8, 4) is 0 Å². The molecule has 78 valence electrons. The standard InChI is InChI=1S/C11H16ClNS/c12-11-5-1-3-9(11)7-13-8-10-4-2-6-14-10/h2,4,6,9,11,13H,1,3,5,7-8H2. The average Bonchev–Trinajstić information content (AvgIpc) is 2.78. The molecule has 1 fully saturated rings. The molecule has 1 aromatic heterocycles. The average molecular weight is 230 g/mol. The minimum absolute atomic E-state index is 0.408. The molecule has 0 aromatic carbocycles. The van der Waals surface area contributed by atoms with Crippen molar-refractivity contribution >= 4 is 22.9 Å². The molecule has 2 rings (SSSR count). The summed E-state index contributed by atoms with van der Waals surface area (Å²) in [6.07, 6.45) is 3.80. The zero-order valence-corrected chi connectivity index (χ0v) is 9.78. The molecule has 1 heterocycles. The largest absolute Gasteiger partial charge is 0.312 e. The van der Waals surface area contributed by atoms with Crippen LogP contribution in [-0.4, -0.2) is 11.9 Å². The monoisotopic (exact) mass is 229 g/mol. The van der Waals surface area contributed by atoms with Crippen molar-refractivity contribution in [3.05, 3.63) is 22.4 Å². The van der Waals surface area contributed by atoms with Gasteiger partial charge in [-0.25, -0.2) is 0 Å². The minimum atomic E-state index is 0.408. The number of alkyl halides is 1. The molecule has 14 heavy (non-hydrogen) atoms. The molecule has 3 heteroatoms. The Hall–Kier alpha value is -0.0500. The van der Waals surface area contributed by atoms with Gasteiger partial charge in [0.25, 0.3) is 0 Å². The van der Waals surface area contributed by atoms with E-state index in [1.165, 1.54) is 24.1 Å². The maximum absolute atomic E-state index is 6.20. The van der Waals surface area contributed by atoms with Crippen LogP contribution in [0.2, 0.25) is 0 Å². The van der Waals surface area contributed by atoms with Crippen LogP contribution in [-0.2, 0) is 6.54 Å². The van der Waals surface area contributed by atoms with Crippen LogP contribution in [0.25, 0.3) is 0 Å². The van der Waals surface area contributed by atoms with E-state index in [9.17, 15) is 0 Å². The number of hydrogen-bond donors (Lipinski definition) is 1. The molecule has 1 aliphatic carbocycles. The van der Waals surface area contributed by atoms with Gasteiger partial charge in [0.05, 0.1) is 0 Å². The first-order valence-electron chi connectivity index (χ1n) is 5.23. The molecule has 1 aliphatic rings. The van der Waals surface area contributed by atoms with Gasteiger partial charge >= 0.3 is 0 Å². The van der Waals surface area contributed by atoms with E-state index in [1.807, 2.05) is 11.3 Å². The van der Waals surface area contributed by atoms with E-state index in [0.717, 1.165) is 13.1 Å². The van der Waals surface area contributed by atoms with Gasteiger partial charge in [-0.2, -0.15) is 0 Å². The van der Waals surface area contributed by atoms with Crippen molar-refractivity contribution in [2.45, 2.75) is 31.2 Å². The normalized spacial score (nSPS) is 26.9. The fourth-order valence-electron chi connectivity index (χ4n) is 2.02. The highest BCUT2D eigenvalue weighted by molar-refractivity contribution is 7.09. The third kappa shape index (κ3) is 2.72. The van der Waals surface area contributed by atoms with Crippen LogP contribution in [0.4, 0.5) is 0 Å². The van der Waals surface area contributed by atoms with E-state index >= 15 is 0 Å². The second kappa shape index (κ2) is 5.15. The van der Waals surface area contributed by atoms with E-state index in [1.54, 1.807) is 0 Å². The highest BCUT2D eigenvalue weighted by Gasteiger charge is 2.24. The first-order valence-corrected chi connectivity index (χ1v) is 6.55. The van der Waals surface area contributed by atoms with E-state index < -0.39 is 0 Å². The van der Waals surface area contributed by atoms with E-state index in [0.29, 0.717) is 11.3 Å². The molecule has 1 aromatic rings. The molecule has 0 amide bonds. The van der Waals surface area contributed by atoms with Crippen molar-refractivity contribution in [2.24, 2.45) is 5.92 Å². The van der Waals surface area contributed by atoms with Crippen LogP contribution >= 0.6 is 22.9 Å². The summed E-state index contributed by atoms with van der Waals surface area (Å²) >= 11 is 8.01. The lowest BCUT2D eigenvalue weighted by molar-refractivity contribution is 0.495. The zero-order valence-electron chi connectivity index (χ0n) is 8.21. The summed E-state index contributed by atoms with van der Waals surface area (Å²) in [4.78, 5) is 1.41. The quantitative estimate of drug-likeness (QED) is 0.782. The molecule has 0 spiro atoms. The summed E-state index contributed by atoms with van der Waals surface area (Å²) in [5.41, 5.74) is 0. The summed E-state index contributed by atoms with van der Waals surface area (Å²) < 4.78 is 0. The molecule has 2 atom stereocenters. The van der Waals surface area contributed by atoms with E-state index in [-0.39, 0.29) is 0 Å². The molecule has 0 aliphatic heterocycles. The number of rotatable bonds is 4. The fraction of sp³-hybridized carbons (Fsp3) is 0.636. The first kappa shape index (κ1) is 10.5. The summed E-state index contributed by atoms with van der Waals surface area (Å²) in [7, 11) is 0. The van der Waals surface area contributed by atoms with Crippen molar-refractivity contribution in [2.75, 3.05) is 6.54 Å². The molecule has 1 saturated carbocycles. The van der Waals surface area contributed by atoms with Crippen molar-refractivity contribution in [1.29, 1.82) is 0 Å². The summed E-state index contributed by atoms with van der Waals surface area (Å²) in [5.74, 6) is 0.691. The molecular weight excluding hydrogens is 214 g/mol. The van der Waals surface area contributed by atoms with Gasteiger partial charge in [0, 0.05) is 16.8 Å². The smallest absolute Gasteiger partial charge is 0.0376 e. The van der Waals surface area contributed by atoms with Gasteiger partial charge in [-0.05, 0) is 36.8 Å². The Morgan fingerprint density at radius 2 is 2.43 bits per heavy atom. The molecule has 1 nitrogen and oxygen atoms in total. The Kier molecular flexibility index (Phi) is 3.85. The Bertz CT molecular complexity index is 260. The lowest BCUT2D eigenvalue weighted by Crippen LogP contribution is -2.24. The van der Waals surface area contributed by atoms with Gasteiger partial charge < -0.3 is 5.32 Å². The zero-order chi connectivity index (χ0) is 9.80. The lowest BCUT2D eigenvalue weighted by Gasteiger charge is -2.13. The number of hydrogen-bond acceptors (Lipinski definition) is 2. The predicted molar refractivity (Wildman–Crippen MR) is 63.0 cm³/mol. The molecule has 0 bridgehead atoms. The van der Waals surface area contributed by atoms with Crippen LogP contribution in [0.15, 0.2) is 17.5 Å². The van der Waals surface area contributed by atoms with Gasteiger partial charge in [0.15, 0.2) is 0 Å². The van der Waals surface area contributed by atoms with Crippen LogP contribution < -0.4 is 5.32 Å². The first-order chi connectivity index (χ1) is 6.86. The topological polar surface area (TPSA) is 12.0 Å². The third-order valence-electron chi connectivity index (χ3n) is 2.85. The number of nitrogens with one attached hydrogen (secondary N) is 1. The SMILES string of the molecule is ClC1CCCC1CNCc1cccs1. The van der Waals surface area contributed by atoms with Gasteiger partial charge in [0.1, 0.15) is 0 Å². The summed E-state index contributed by atoms with van der Waals surface area (Å²) in [6, 6.07) is 4.27. The summed E-state index contributed by atoms with van der Waals surface area (Å²) in [5, 5.41) is 6.02. The molecule has 0 radical (unpaired) electrons. The van der Waals surface area contributed by atoms with Crippen LogP contribution in [0.3, 0.4) is 0 Å². The summed E-state index contributed by atoms with van der Waals surface area (Å²) in [6.45, 7) is 2.07. The number of halogens is 1. The Balaban J connectivity index is 1.68. The predicted octanol–water partition coefficient (Wildman–Crippen LogP) is 3.25. The van der Waals surface area contributed by atoms with Crippen molar-refractivity contribution < 1.29 is 0 Å². The van der Waals surface area contributed by atoms with Gasteiger partial charge in [-0.15, -0.1) is 22.9 Å². The van der Waals surface area contributed by atoms with Gasteiger partial charge in [-0.3, -0.25) is 0 Å². The van der Waals surface area contributed by atoms with Crippen LogP contribution in [0, 0.1) is 5.92 Å². The highest BCUT2D eigenvalue weighted by Crippen LogP contribution is 2.29. The molecular formula is C11H16ClNS. The Morgan fingerprint density at radius 1 is 1.50 bits per heavy atom. The molecule has 2 unspecified atom stereocenters. The Morgan fingerprint density at radius 3 is 3.07 bits per heavy atom. The minimum Gasteiger partial charge on any atom is -0.312 e. The maximum Gasteiger partial charge on any atom is 0.0376 e. The second-order valence-electron chi connectivity index (χ2n) is 3.92. The van der Waals surface area contributed by atoms with Gasteiger partial charge in [0.2, 0.25) is 0 Å². The van der Waals surface area contributed by atoms with Crippen LogP contribution in [0.5, 0.6) is 0 Å². The van der Waals surface area contributed by atoms with Crippen LogP contribution in [0.1, 0.15) is 24.1 Å². The maximum atomic E-state index is 6.20. The molecule has 0 saturated heterocycles. The van der Waals surface area contributed by atoms with E-state index in [4.69, 9.17) is 11.6 Å². The number of thiophene rings is 1. The lowest BCUT2D eigenvalue weighted by atomic mass is 10.1. The third-order valence-corrected chi connectivity index (χ3v) is 4.30. The molecule has 1 N–H and O–H groups in total. The highest BCUT2D eigenvalue weighted by atomic mass is 35.5. The fourth-order valence-corrected chi connectivity index (χ4v) is 3.06. The van der Waals surface area contributed by atoms with Gasteiger partial charge in [-0.1, -0.05) is 12.5 Å².